The minimum absolute atomic E-state index is 0.0127. The van der Waals surface area contributed by atoms with Gasteiger partial charge in [0, 0.05) is 26.2 Å². The Morgan fingerprint density at radius 1 is 1.16 bits per heavy atom. The van der Waals surface area contributed by atoms with Crippen LogP contribution in [0.15, 0.2) is 0 Å². The Kier molecular flexibility index (Phi) is 5.54. The topological polar surface area (TPSA) is 70.1 Å². The molecule has 0 radical (unpaired) electrons. The molecule has 1 amide bonds. The molecule has 0 aliphatic heterocycles. The number of nitrogens with zero attached hydrogens (tertiary/aromatic N) is 3. The van der Waals surface area contributed by atoms with Crippen LogP contribution >= 0.6 is 0 Å². The van der Waals surface area contributed by atoms with Gasteiger partial charge in [0.2, 0.25) is 5.91 Å². The van der Waals surface area contributed by atoms with E-state index in [4.69, 9.17) is 0 Å². The standard InChI is InChI=1S/C13H23N5O/c1-6-7-14-12-9(2)13(17-10(3)16-12)15-8-11(19)18(4)5/h6-8H2,1-5H3,(H2,14,15,16,17). The summed E-state index contributed by atoms with van der Waals surface area (Å²) in [5.41, 5.74) is 0.936. The van der Waals surface area contributed by atoms with Gasteiger partial charge in [-0.05, 0) is 20.3 Å². The molecular weight excluding hydrogens is 242 g/mol. The minimum atomic E-state index is 0.0127. The van der Waals surface area contributed by atoms with Crippen molar-refractivity contribution in [3.63, 3.8) is 0 Å². The molecule has 1 rings (SSSR count). The van der Waals surface area contributed by atoms with Crippen LogP contribution in [-0.4, -0.2) is 48.0 Å². The van der Waals surface area contributed by atoms with Gasteiger partial charge >= 0.3 is 0 Å². The zero-order valence-corrected chi connectivity index (χ0v) is 12.4. The lowest BCUT2D eigenvalue weighted by Gasteiger charge is -2.15. The van der Waals surface area contributed by atoms with E-state index in [1.165, 1.54) is 0 Å². The molecule has 0 aromatic carbocycles. The van der Waals surface area contributed by atoms with Crippen molar-refractivity contribution < 1.29 is 4.79 Å². The van der Waals surface area contributed by atoms with Crippen molar-refractivity contribution in [1.29, 1.82) is 0 Å². The number of aromatic nitrogens is 2. The average molecular weight is 265 g/mol. The van der Waals surface area contributed by atoms with Gasteiger partial charge in [-0.3, -0.25) is 4.79 Å². The molecule has 106 valence electrons. The van der Waals surface area contributed by atoms with E-state index < -0.39 is 0 Å². The van der Waals surface area contributed by atoms with E-state index in [1.807, 2.05) is 13.8 Å². The Bertz CT molecular complexity index is 445. The molecule has 0 aliphatic carbocycles. The number of hydrogen-bond donors (Lipinski definition) is 2. The van der Waals surface area contributed by atoms with Crippen molar-refractivity contribution >= 4 is 17.5 Å². The van der Waals surface area contributed by atoms with Gasteiger partial charge in [0.1, 0.15) is 17.5 Å². The summed E-state index contributed by atoms with van der Waals surface area (Å²) in [6.07, 6.45) is 1.03. The largest absolute Gasteiger partial charge is 0.370 e. The highest BCUT2D eigenvalue weighted by molar-refractivity contribution is 5.80. The summed E-state index contributed by atoms with van der Waals surface area (Å²) in [7, 11) is 3.46. The molecule has 2 N–H and O–H groups in total. The normalized spacial score (nSPS) is 10.2. The van der Waals surface area contributed by atoms with Crippen molar-refractivity contribution in [2.75, 3.05) is 37.8 Å². The second-order valence-corrected chi connectivity index (χ2v) is 4.66. The van der Waals surface area contributed by atoms with E-state index in [-0.39, 0.29) is 12.5 Å². The summed E-state index contributed by atoms with van der Waals surface area (Å²) >= 11 is 0. The zero-order valence-electron chi connectivity index (χ0n) is 12.4. The van der Waals surface area contributed by atoms with Crippen LogP contribution < -0.4 is 10.6 Å². The third-order valence-electron chi connectivity index (χ3n) is 2.71. The molecule has 0 fully saturated rings. The molecule has 1 aromatic rings. The lowest BCUT2D eigenvalue weighted by Crippen LogP contribution is -2.29. The Hall–Kier alpha value is -1.85. The van der Waals surface area contributed by atoms with Crippen LogP contribution in [0.5, 0.6) is 0 Å². The predicted octanol–water partition coefficient (Wildman–Crippen LogP) is 1.42. The third kappa shape index (κ3) is 4.39. The van der Waals surface area contributed by atoms with Crippen LogP contribution in [0.25, 0.3) is 0 Å². The minimum Gasteiger partial charge on any atom is -0.370 e. The molecule has 6 heteroatoms. The van der Waals surface area contributed by atoms with Crippen LogP contribution in [-0.2, 0) is 4.79 Å². The second kappa shape index (κ2) is 6.92. The van der Waals surface area contributed by atoms with Crippen LogP contribution in [0, 0.1) is 13.8 Å². The van der Waals surface area contributed by atoms with Crippen LogP contribution in [0.4, 0.5) is 11.6 Å². The van der Waals surface area contributed by atoms with E-state index in [0.717, 1.165) is 24.3 Å². The average Bonchev–Trinajstić information content (AvgIpc) is 2.37. The van der Waals surface area contributed by atoms with Gasteiger partial charge in [-0.1, -0.05) is 6.92 Å². The quantitative estimate of drug-likeness (QED) is 0.814. The molecule has 0 saturated heterocycles. The zero-order chi connectivity index (χ0) is 14.4. The predicted molar refractivity (Wildman–Crippen MR) is 77.5 cm³/mol. The fraction of sp³-hybridized carbons (Fsp3) is 0.615. The summed E-state index contributed by atoms with van der Waals surface area (Å²) < 4.78 is 0. The smallest absolute Gasteiger partial charge is 0.241 e. The SMILES string of the molecule is CCCNc1nc(C)nc(NCC(=O)N(C)C)c1C. The Labute approximate surface area is 114 Å². The molecular formula is C13H23N5O. The maximum absolute atomic E-state index is 11.6. The van der Waals surface area contributed by atoms with Crippen molar-refractivity contribution in [2.24, 2.45) is 0 Å². The second-order valence-electron chi connectivity index (χ2n) is 4.66. The monoisotopic (exact) mass is 265 g/mol. The van der Waals surface area contributed by atoms with Crippen molar-refractivity contribution in [3.8, 4) is 0 Å². The maximum atomic E-state index is 11.6. The molecule has 0 aliphatic rings. The van der Waals surface area contributed by atoms with Gasteiger partial charge in [-0.15, -0.1) is 0 Å². The van der Waals surface area contributed by atoms with E-state index >= 15 is 0 Å². The van der Waals surface area contributed by atoms with E-state index in [1.54, 1.807) is 19.0 Å². The molecule has 0 bridgehead atoms. The highest BCUT2D eigenvalue weighted by Crippen LogP contribution is 2.19. The molecule has 0 saturated carbocycles. The summed E-state index contributed by atoms with van der Waals surface area (Å²) in [5.74, 6) is 2.23. The van der Waals surface area contributed by atoms with Gasteiger partial charge in [0.25, 0.3) is 0 Å². The van der Waals surface area contributed by atoms with Gasteiger partial charge in [-0.2, -0.15) is 0 Å². The van der Waals surface area contributed by atoms with Crippen LogP contribution in [0.2, 0.25) is 0 Å². The Balaban J connectivity index is 2.82. The Morgan fingerprint density at radius 2 is 1.74 bits per heavy atom. The van der Waals surface area contributed by atoms with Crippen molar-refractivity contribution in [1.82, 2.24) is 14.9 Å². The fourth-order valence-electron chi connectivity index (χ4n) is 1.53. The number of aryl methyl sites for hydroxylation is 1. The van der Waals surface area contributed by atoms with E-state index in [2.05, 4.69) is 27.5 Å². The number of carbonyl (C=O) groups excluding carboxylic acids is 1. The lowest BCUT2D eigenvalue weighted by molar-refractivity contribution is -0.126. The first kappa shape index (κ1) is 15.2. The number of nitrogens with one attached hydrogen (secondary N) is 2. The summed E-state index contributed by atoms with van der Waals surface area (Å²) in [5, 5.41) is 6.34. The fourth-order valence-corrected chi connectivity index (χ4v) is 1.53. The molecule has 1 aromatic heterocycles. The number of carbonyl (C=O) groups is 1. The number of likely N-dealkylation sites (N-methyl/N-ethyl adjacent to an activating group) is 1. The lowest BCUT2D eigenvalue weighted by atomic mass is 10.3. The van der Waals surface area contributed by atoms with E-state index in [9.17, 15) is 4.79 Å². The molecule has 19 heavy (non-hydrogen) atoms. The number of anilines is 2. The van der Waals surface area contributed by atoms with Crippen LogP contribution in [0.3, 0.4) is 0 Å². The van der Waals surface area contributed by atoms with E-state index in [0.29, 0.717) is 11.6 Å². The van der Waals surface area contributed by atoms with Gasteiger partial charge in [0.15, 0.2) is 0 Å². The highest BCUT2D eigenvalue weighted by atomic mass is 16.2. The summed E-state index contributed by atoms with van der Waals surface area (Å²) in [6, 6.07) is 0. The first-order chi connectivity index (χ1) is 8.95. The van der Waals surface area contributed by atoms with Crippen molar-refractivity contribution in [3.05, 3.63) is 11.4 Å². The number of rotatable bonds is 6. The summed E-state index contributed by atoms with van der Waals surface area (Å²) in [4.78, 5) is 21.8. The Morgan fingerprint density at radius 3 is 2.26 bits per heavy atom. The third-order valence-corrected chi connectivity index (χ3v) is 2.71. The molecule has 0 unspecified atom stereocenters. The molecule has 0 atom stereocenters. The first-order valence-corrected chi connectivity index (χ1v) is 6.48. The number of amides is 1. The molecule has 0 spiro atoms. The van der Waals surface area contributed by atoms with Crippen molar-refractivity contribution in [2.45, 2.75) is 27.2 Å². The van der Waals surface area contributed by atoms with Gasteiger partial charge < -0.3 is 15.5 Å². The highest BCUT2D eigenvalue weighted by Gasteiger charge is 2.10. The first-order valence-electron chi connectivity index (χ1n) is 6.48. The van der Waals surface area contributed by atoms with Gasteiger partial charge in [0.05, 0.1) is 6.54 Å². The van der Waals surface area contributed by atoms with Crippen LogP contribution in [0.1, 0.15) is 24.7 Å². The number of hydrogen-bond acceptors (Lipinski definition) is 5. The summed E-state index contributed by atoms with van der Waals surface area (Å²) in [6.45, 7) is 6.99. The molecule has 6 nitrogen and oxygen atoms in total. The molecule has 1 heterocycles. The maximum Gasteiger partial charge on any atom is 0.241 e. The van der Waals surface area contributed by atoms with Gasteiger partial charge in [-0.25, -0.2) is 9.97 Å².